The number of hydrogen-bond donors (Lipinski definition) is 1. The summed E-state index contributed by atoms with van der Waals surface area (Å²) in [5, 5.41) is 13.4. The van der Waals surface area contributed by atoms with Crippen molar-refractivity contribution >= 4 is 27.5 Å². The summed E-state index contributed by atoms with van der Waals surface area (Å²) in [6.45, 7) is 1.88. The number of hydrogen-bond acceptors (Lipinski definition) is 3. The van der Waals surface area contributed by atoms with E-state index in [1.165, 1.54) is 24.3 Å². The van der Waals surface area contributed by atoms with Crippen LogP contribution in [0.5, 0.6) is 0 Å². The molecule has 108 valence electrons. The van der Waals surface area contributed by atoms with Crippen LogP contribution in [0, 0.1) is 10.1 Å². The van der Waals surface area contributed by atoms with E-state index in [1.54, 1.807) is 0 Å². The van der Waals surface area contributed by atoms with E-state index in [9.17, 15) is 14.9 Å². The van der Waals surface area contributed by atoms with Gasteiger partial charge < -0.3 is 5.32 Å². The number of nitrogens with one attached hydrogen (secondary N) is 1. The first kappa shape index (κ1) is 15.2. The Labute approximate surface area is 130 Å². The van der Waals surface area contributed by atoms with Crippen LogP contribution in [0.3, 0.4) is 0 Å². The predicted molar refractivity (Wildman–Crippen MR) is 83.1 cm³/mol. The summed E-state index contributed by atoms with van der Waals surface area (Å²) >= 11 is 3.36. The van der Waals surface area contributed by atoms with Gasteiger partial charge >= 0.3 is 0 Å². The number of nitro benzene ring substituents is 1. The maximum absolute atomic E-state index is 12.1. The first-order valence-corrected chi connectivity index (χ1v) is 7.07. The van der Waals surface area contributed by atoms with Gasteiger partial charge in [-0.1, -0.05) is 28.1 Å². The Morgan fingerprint density at radius 3 is 2.24 bits per heavy atom. The third-order valence-electron chi connectivity index (χ3n) is 3.06. The van der Waals surface area contributed by atoms with Gasteiger partial charge in [0.1, 0.15) is 0 Å². The average Bonchev–Trinajstić information content (AvgIpc) is 2.47. The van der Waals surface area contributed by atoms with Crippen molar-refractivity contribution in [1.82, 2.24) is 5.32 Å². The van der Waals surface area contributed by atoms with E-state index < -0.39 is 4.92 Å². The molecule has 0 spiro atoms. The number of amides is 1. The molecule has 1 atom stereocenters. The molecule has 1 amide bonds. The second-order valence-corrected chi connectivity index (χ2v) is 5.47. The quantitative estimate of drug-likeness (QED) is 0.673. The van der Waals surface area contributed by atoms with Gasteiger partial charge in [-0.15, -0.1) is 0 Å². The number of rotatable bonds is 4. The zero-order chi connectivity index (χ0) is 15.4. The zero-order valence-electron chi connectivity index (χ0n) is 11.2. The molecule has 0 aliphatic heterocycles. The Hall–Kier alpha value is -2.21. The Bertz CT molecular complexity index is 654. The molecule has 0 fully saturated rings. The van der Waals surface area contributed by atoms with Crippen LogP contribution >= 0.6 is 15.9 Å². The minimum Gasteiger partial charge on any atom is -0.346 e. The van der Waals surface area contributed by atoms with Gasteiger partial charge in [-0.25, -0.2) is 0 Å². The van der Waals surface area contributed by atoms with Crippen molar-refractivity contribution in [2.24, 2.45) is 0 Å². The fourth-order valence-electron chi connectivity index (χ4n) is 1.85. The van der Waals surface area contributed by atoms with Crippen LogP contribution in [0.2, 0.25) is 0 Å². The highest BCUT2D eigenvalue weighted by molar-refractivity contribution is 9.10. The van der Waals surface area contributed by atoms with Crippen molar-refractivity contribution in [2.45, 2.75) is 13.0 Å². The molecule has 0 aliphatic rings. The number of halogens is 1. The molecule has 0 heterocycles. The molecule has 0 aliphatic carbocycles. The Kier molecular flexibility index (Phi) is 4.70. The van der Waals surface area contributed by atoms with E-state index in [0.29, 0.717) is 5.56 Å². The third-order valence-corrected chi connectivity index (χ3v) is 3.59. The minimum atomic E-state index is -0.494. The van der Waals surface area contributed by atoms with Crippen molar-refractivity contribution in [1.29, 1.82) is 0 Å². The minimum absolute atomic E-state index is 0.0347. The summed E-state index contributed by atoms with van der Waals surface area (Å²) in [6, 6.07) is 13.0. The Balaban J connectivity index is 2.06. The van der Waals surface area contributed by atoms with E-state index in [0.717, 1.165) is 10.0 Å². The number of nitro groups is 1. The fraction of sp³-hybridized carbons (Fsp3) is 0.133. The normalized spacial score (nSPS) is 11.7. The molecule has 6 heteroatoms. The summed E-state index contributed by atoms with van der Waals surface area (Å²) in [7, 11) is 0. The summed E-state index contributed by atoms with van der Waals surface area (Å²) in [5.41, 5.74) is 1.34. The van der Waals surface area contributed by atoms with Crippen molar-refractivity contribution in [2.75, 3.05) is 0 Å². The van der Waals surface area contributed by atoms with Crippen LogP contribution in [0.25, 0.3) is 0 Å². The Morgan fingerprint density at radius 1 is 1.14 bits per heavy atom. The number of benzene rings is 2. The smallest absolute Gasteiger partial charge is 0.269 e. The monoisotopic (exact) mass is 348 g/mol. The van der Waals surface area contributed by atoms with Crippen LogP contribution in [-0.4, -0.2) is 10.8 Å². The summed E-state index contributed by atoms with van der Waals surface area (Å²) in [5.74, 6) is -0.264. The SMILES string of the molecule is C[C@H](NC(=O)c1ccc([N+](=O)[O-])cc1)c1ccc(Br)cc1. The first-order chi connectivity index (χ1) is 9.97. The van der Waals surface area contributed by atoms with Gasteiger partial charge in [-0.2, -0.15) is 0 Å². The molecular weight excluding hydrogens is 336 g/mol. The van der Waals surface area contributed by atoms with E-state index in [2.05, 4.69) is 21.2 Å². The van der Waals surface area contributed by atoms with Crippen molar-refractivity contribution in [3.8, 4) is 0 Å². The van der Waals surface area contributed by atoms with Crippen LogP contribution in [-0.2, 0) is 0 Å². The molecule has 2 rings (SSSR count). The van der Waals surface area contributed by atoms with Crippen LogP contribution in [0.1, 0.15) is 28.9 Å². The van der Waals surface area contributed by atoms with Gasteiger partial charge in [0, 0.05) is 22.2 Å². The van der Waals surface area contributed by atoms with Gasteiger partial charge in [0.05, 0.1) is 11.0 Å². The maximum Gasteiger partial charge on any atom is 0.269 e. The average molecular weight is 349 g/mol. The predicted octanol–water partition coefficient (Wildman–Crippen LogP) is 3.85. The lowest BCUT2D eigenvalue weighted by Gasteiger charge is -2.14. The first-order valence-electron chi connectivity index (χ1n) is 6.28. The number of non-ortho nitro benzene ring substituents is 1. The van der Waals surface area contributed by atoms with Gasteiger partial charge in [-0.05, 0) is 36.8 Å². The molecule has 0 saturated heterocycles. The van der Waals surface area contributed by atoms with E-state index in [-0.39, 0.29) is 17.6 Å². The van der Waals surface area contributed by atoms with Crippen LogP contribution in [0.4, 0.5) is 5.69 Å². The molecule has 1 N–H and O–H groups in total. The largest absolute Gasteiger partial charge is 0.346 e. The van der Waals surface area contributed by atoms with Gasteiger partial charge in [0.25, 0.3) is 11.6 Å². The third kappa shape index (κ3) is 3.88. The summed E-state index contributed by atoms with van der Waals surface area (Å²) < 4.78 is 0.972. The lowest BCUT2D eigenvalue weighted by atomic mass is 10.1. The summed E-state index contributed by atoms with van der Waals surface area (Å²) in [6.07, 6.45) is 0. The van der Waals surface area contributed by atoms with Crippen molar-refractivity contribution < 1.29 is 9.72 Å². The second kappa shape index (κ2) is 6.49. The number of carbonyl (C=O) groups excluding carboxylic acids is 1. The van der Waals surface area contributed by atoms with Crippen LogP contribution < -0.4 is 5.32 Å². The van der Waals surface area contributed by atoms with Gasteiger partial charge in [0.2, 0.25) is 0 Å². The highest BCUT2D eigenvalue weighted by atomic mass is 79.9. The molecule has 2 aromatic carbocycles. The molecule has 2 aromatic rings. The highest BCUT2D eigenvalue weighted by Crippen LogP contribution is 2.17. The Morgan fingerprint density at radius 2 is 1.71 bits per heavy atom. The second-order valence-electron chi connectivity index (χ2n) is 4.55. The lowest BCUT2D eigenvalue weighted by molar-refractivity contribution is -0.384. The zero-order valence-corrected chi connectivity index (χ0v) is 12.8. The lowest BCUT2D eigenvalue weighted by Crippen LogP contribution is -2.26. The topological polar surface area (TPSA) is 72.2 Å². The molecule has 0 radical (unpaired) electrons. The summed E-state index contributed by atoms with van der Waals surface area (Å²) in [4.78, 5) is 22.2. The maximum atomic E-state index is 12.1. The molecule has 0 saturated carbocycles. The number of carbonyl (C=O) groups is 1. The van der Waals surface area contributed by atoms with Gasteiger partial charge in [0.15, 0.2) is 0 Å². The van der Waals surface area contributed by atoms with Crippen molar-refractivity contribution in [3.63, 3.8) is 0 Å². The molecule has 0 bridgehead atoms. The standard InChI is InChI=1S/C15H13BrN2O3/c1-10(11-2-6-13(16)7-3-11)17-15(19)12-4-8-14(9-5-12)18(20)21/h2-10H,1H3,(H,17,19)/t10-/m0/s1. The fourth-order valence-corrected chi connectivity index (χ4v) is 2.11. The van der Waals surface area contributed by atoms with Crippen LogP contribution in [0.15, 0.2) is 53.0 Å². The van der Waals surface area contributed by atoms with E-state index in [4.69, 9.17) is 0 Å². The molecule has 21 heavy (non-hydrogen) atoms. The van der Waals surface area contributed by atoms with Gasteiger partial charge in [-0.3, -0.25) is 14.9 Å². The van der Waals surface area contributed by atoms with E-state index >= 15 is 0 Å². The molecular formula is C15H13BrN2O3. The van der Waals surface area contributed by atoms with Crippen molar-refractivity contribution in [3.05, 3.63) is 74.2 Å². The molecule has 0 unspecified atom stereocenters. The number of nitrogens with zero attached hydrogens (tertiary/aromatic N) is 1. The molecule has 5 nitrogen and oxygen atoms in total. The van der Waals surface area contributed by atoms with E-state index in [1.807, 2.05) is 31.2 Å². The highest BCUT2D eigenvalue weighted by Gasteiger charge is 2.13. The molecule has 0 aromatic heterocycles.